The fourth-order valence-corrected chi connectivity index (χ4v) is 2.71. The Hall–Kier alpha value is -1.59. The zero-order chi connectivity index (χ0) is 15.2. The van der Waals surface area contributed by atoms with Crippen molar-refractivity contribution in [3.8, 4) is 0 Å². The van der Waals surface area contributed by atoms with E-state index >= 15 is 0 Å². The molecule has 1 saturated carbocycles. The first-order valence-corrected chi connectivity index (χ1v) is 7.02. The van der Waals surface area contributed by atoms with Crippen LogP contribution in [0.1, 0.15) is 51.9 Å². The molecule has 1 atom stereocenters. The van der Waals surface area contributed by atoms with Crippen LogP contribution < -0.4 is 5.32 Å². The molecule has 0 radical (unpaired) electrons. The predicted molar refractivity (Wildman–Crippen MR) is 72.0 cm³/mol. The molecule has 0 aliphatic heterocycles. The first-order chi connectivity index (χ1) is 9.41. The average molecular weight is 285 g/mol. The summed E-state index contributed by atoms with van der Waals surface area (Å²) in [7, 11) is 1.25. The molecule has 1 aliphatic carbocycles. The quantitative estimate of drug-likeness (QED) is 0.589. The number of carboxylic acids is 1. The normalized spacial score (nSPS) is 19.5. The van der Waals surface area contributed by atoms with Gasteiger partial charge in [-0.15, -0.1) is 0 Å². The van der Waals surface area contributed by atoms with Crippen molar-refractivity contribution in [2.24, 2.45) is 5.41 Å². The van der Waals surface area contributed by atoms with Crippen molar-refractivity contribution in [3.63, 3.8) is 0 Å². The highest BCUT2D eigenvalue weighted by molar-refractivity contribution is 5.88. The number of hydrogen-bond donors (Lipinski definition) is 2. The van der Waals surface area contributed by atoms with Crippen LogP contribution in [0.5, 0.6) is 0 Å². The Kier molecular flexibility index (Phi) is 5.98. The maximum Gasteiger partial charge on any atom is 0.328 e. The minimum absolute atomic E-state index is 0.0797. The van der Waals surface area contributed by atoms with Crippen LogP contribution >= 0.6 is 0 Å². The van der Waals surface area contributed by atoms with Crippen molar-refractivity contribution < 1.29 is 24.2 Å². The largest absolute Gasteiger partial charge is 0.481 e. The van der Waals surface area contributed by atoms with E-state index in [0.29, 0.717) is 12.8 Å². The van der Waals surface area contributed by atoms with Gasteiger partial charge in [-0.2, -0.15) is 0 Å². The van der Waals surface area contributed by atoms with E-state index in [1.165, 1.54) is 14.0 Å². The highest BCUT2D eigenvalue weighted by Crippen LogP contribution is 2.38. The fraction of sp³-hybridized carbons (Fsp3) is 0.786. The summed E-state index contributed by atoms with van der Waals surface area (Å²) in [6.45, 7) is 1.52. The van der Waals surface area contributed by atoms with Crippen LogP contribution in [-0.4, -0.2) is 36.1 Å². The van der Waals surface area contributed by atoms with Crippen LogP contribution in [0.2, 0.25) is 0 Å². The molecule has 0 unspecified atom stereocenters. The minimum atomic E-state index is -0.990. The second kappa shape index (κ2) is 7.26. The Labute approximate surface area is 118 Å². The molecule has 0 aromatic rings. The lowest BCUT2D eigenvalue weighted by molar-refractivity contribution is -0.153. The fourth-order valence-electron chi connectivity index (χ4n) is 2.71. The summed E-state index contributed by atoms with van der Waals surface area (Å²) in [6, 6.07) is -0.760. The van der Waals surface area contributed by atoms with Gasteiger partial charge in [0.25, 0.3) is 0 Å². The summed E-state index contributed by atoms with van der Waals surface area (Å²) in [4.78, 5) is 34.8. The van der Waals surface area contributed by atoms with Gasteiger partial charge in [0.15, 0.2) is 0 Å². The smallest absolute Gasteiger partial charge is 0.328 e. The van der Waals surface area contributed by atoms with E-state index in [4.69, 9.17) is 0 Å². The highest BCUT2D eigenvalue weighted by Gasteiger charge is 2.40. The van der Waals surface area contributed by atoms with Crippen molar-refractivity contribution in [3.05, 3.63) is 0 Å². The van der Waals surface area contributed by atoms with Gasteiger partial charge in [-0.25, -0.2) is 4.79 Å². The summed E-state index contributed by atoms with van der Waals surface area (Å²) in [5.41, 5.74) is -0.990. The molecule has 1 rings (SSSR count). The second-order valence-corrected chi connectivity index (χ2v) is 5.49. The number of carbonyl (C=O) groups is 3. The number of carbonyl (C=O) groups excluding carboxylic acids is 2. The maximum atomic E-state index is 12.0. The van der Waals surface area contributed by atoms with Gasteiger partial charge < -0.3 is 15.2 Å². The number of methoxy groups -OCH3 is 1. The van der Waals surface area contributed by atoms with Crippen LogP contribution in [0.25, 0.3) is 0 Å². The van der Waals surface area contributed by atoms with E-state index in [0.717, 1.165) is 25.7 Å². The van der Waals surface area contributed by atoms with Crippen LogP contribution in [0, 0.1) is 5.41 Å². The van der Waals surface area contributed by atoms with Gasteiger partial charge in [-0.1, -0.05) is 25.7 Å². The molecule has 0 saturated heterocycles. The highest BCUT2D eigenvalue weighted by atomic mass is 16.5. The molecule has 1 aliphatic rings. The molecular weight excluding hydrogens is 262 g/mol. The standard InChI is InChI=1S/C14H23NO5/c1-10(12(17)20-2)15-11(16)9-14(13(18)19)7-5-3-4-6-8-14/h10H,3-9H2,1-2H3,(H,15,16)(H,18,19)/t10-/m0/s1. The molecule has 1 amide bonds. The van der Waals surface area contributed by atoms with Crippen LogP contribution in [0.3, 0.4) is 0 Å². The Bertz CT molecular complexity index is 372. The van der Waals surface area contributed by atoms with Gasteiger partial charge in [0, 0.05) is 6.42 Å². The number of amides is 1. The maximum absolute atomic E-state index is 12.0. The van der Waals surface area contributed by atoms with Gasteiger partial charge in [0.05, 0.1) is 12.5 Å². The third-order valence-corrected chi connectivity index (χ3v) is 3.95. The molecule has 20 heavy (non-hydrogen) atoms. The number of carboxylic acid groups (broad SMARTS) is 1. The van der Waals surface area contributed by atoms with Crippen molar-refractivity contribution in [2.45, 2.75) is 57.9 Å². The van der Waals surface area contributed by atoms with Crippen molar-refractivity contribution >= 4 is 17.8 Å². The topological polar surface area (TPSA) is 92.7 Å². The van der Waals surface area contributed by atoms with E-state index in [1.807, 2.05) is 0 Å². The van der Waals surface area contributed by atoms with E-state index in [2.05, 4.69) is 10.1 Å². The van der Waals surface area contributed by atoms with Gasteiger partial charge >= 0.3 is 11.9 Å². The monoisotopic (exact) mass is 285 g/mol. The molecule has 0 heterocycles. The van der Waals surface area contributed by atoms with Crippen molar-refractivity contribution in [2.75, 3.05) is 7.11 Å². The molecular formula is C14H23NO5. The zero-order valence-electron chi connectivity index (χ0n) is 12.1. The van der Waals surface area contributed by atoms with E-state index in [-0.39, 0.29) is 6.42 Å². The van der Waals surface area contributed by atoms with Crippen molar-refractivity contribution in [1.29, 1.82) is 0 Å². The SMILES string of the molecule is COC(=O)[C@H](C)NC(=O)CC1(C(=O)O)CCCCCC1. The molecule has 6 heteroatoms. The molecule has 0 spiro atoms. The van der Waals surface area contributed by atoms with E-state index < -0.39 is 29.3 Å². The summed E-state index contributed by atoms with van der Waals surface area (Å²) in [5.74, 6) is -1.86. The third-order valence-electron chi connectivity index (χ3n) is 3.95. The Morgan fingerprint density at radius 2 is 1.75 bits per heavy atom. The number of ether oxygens (including phenoxy) is 1. The minimum Gasteiger partial charge on any atom is -0.481 e. The molecule has 0 aromatic heterocycles. The summed E-state index contributed by atoms with van der Waals surface area (Å²) < 4.78 is 4.53. The third kappa shape index (κ3) is 4.21. The lowest BCUT2D eigenvalue weighted by Crippen LogP contribution is -2.43. The molecule has 2 N–H and O–H groups in total. The lowest BCUT2D eigenvalue weighted by atomic mass is 9.77. The molecule has 1 fully saturated rings. The van der Waals surface area contributed by atoms with Gasteiger partial charge in [-0.05, 0) is 19.8 Å². The second-order valence-electron chi connectivity index (χ2n) is 5.49. The Balaban J connectivity index is 2.68. The number of rotatable bonds is 5. The predicted octanol–water partition coefficient (Wildman–Crippen LogP) is 1.48. The van der Waals surface area contributed by atoms with Crippen LogP contribution in [0.15, 0.2) is 0 Å². The molecule has 0 bridgehead atoms. The van der Waals surface area contributed by atoms with Gasteiger partial charge in [0.2, 0.25) is 5.91 Å². The Morgan fingerprint density at radius 3 is 2.20 bits per heavy atom. The lowest BCUT2D eigenvalue weighted by Gasteiger charge is -2.27. The first-order valence-electron chi connectivity index (χ1n) is 7.02. The Morgan fingerprint density at radius 1 is 1.20 bits per heavy atom. The summed E-state index contributed by atoms with van der Waals surface area (Å²) in [6.07, 6.45) is 4.62. The molecule has 114 valence electrons. The zero-order valence-corrected chi connectivity index (χ0v) is 12.1. The van der Waals surface area contributed by atoms with Gasteiger partial charge in [0.1, 0.15) is 6.04 Å². The summed E-state index contributed by atoms with van der Waals surface area (Å²) >= 11 is 0. The average Bonchev–Trinajstić information content (AvgIpc) is 2.64. The van der Waals surface area contributed by atoms with Crippen molar-refractivity contribution in [1.82, 2.24) is 5.32 Å². The summed E-state index contributed by atoms with van der Waals surface area (Å²) in [5, 5.41) is 12.0. The van der Waals surface area contributed by atoms with E-state index in [9.17, 15) is 19.5 Å². The first kappa shape index (κ1) is 16.5. The number of nitrogens with one attached hydrogen (secondary N) is 1. The number of hydrogen-bond acceptors (Lipinski definition) is 4. The van der Waals surface area contributed by atoms with Crippen LogP contribution in [0.4, 0.5) is 0 Å². The van der Waals surface area contributed by atoms with Crippen LogP contribution in [-0.2, 0) is 19.1 Å². The van der Waals surface area contributed by atoms with Gasteiger partial charge in [-0.3, -0.25) is 9.59 Å². The number of esters is 1. The molecule has 6 nitrogen and oxygen atoms in total. The van der Waals surface area contributed by atoms with E-state index in [1.54, 1.807) is 0 Å². The molecule has 0 aromatic carbocycles. The number of aliphatic carboxylic acids is 1.